The number of rotatable bonds is 9. The minimum absolute atomic E-state index is 0.382. The first-order chi connectivity index (χ1) is 13.1. The summed E-state index contributed by atoms with van der Waals surface area (Å²) in [6, 6.07) is 0. The Morgan fingerprint density at radius 3 is 0.839 bits per heavy atom. The Morgan fingerprint density at radius 1 is 0.387 bits per heavy atom. The first-order valence-corrected chi connectivity index (χ1v) is 6.76. The van der Waals surface area contributed by atoms with Crippen LogP contribution in [0.3, 0.4) is 0 Å². The lowest BCUT2D eigenvalue weighted by atomic mass is 9.87. The second-order valence-corrected chi connectivity index (χ2v) is 5.72. The Hall–Kier alpha value is -1.59. The number of hydrogen-bond acceptors (Lipinski definition) is 0. The van der Waals surface area contributed by atoms with Gasteiger partial charge in [0.2, 0.25) is 0 Å². The van der Waals surface area contributed by atoms with Crippen LogP contribution in [0.5, 0.6) is 0 Å². The van der Waals surface area contributed by atoms with Crippen molar-refractivity contribution in [1.82, 2.24) is 0 Å². The van der Waals surface area contributed by atoms with Crippen molar-refractivity contribution in [1.29, 1.82) is 0 Å². The number of hydrogen-bond donors (Lipinski definition) is 0. The molecule has 0 N–H and O–H groups in total. The largest absolute Gasteiger partial charge is 0.460 e. The van der Waals surface area contributed by atoms with Crippen LogP contribution in [0.25, 0.3) is 0 Å². The van der Waals surface area contributed by atoms with E-state index < -0.39 is 60.0 Å². The molecule has 19 heteroatoms. The minimum atomic E-state index is -8.88. The van der Waals surface area contributed by atoms with Crippen LogP contribution in [-0.2, 0) is 0 Å². The molecule has 0 radical (unpaired) electrons. The molecule has 0 aliphatic heterocycles. The number of halogens is 19. The summed E-state index contributed by atoms with van der Waals surface area (Å²) in [4.78, 5) is 0. The average molecular weight is 510 g/mol. The lowest BCUT2D eigenvalue weighted by Gasteiger charge is -2.43. The van der Waals surface area contributed by atoms with Crippen molar-refractivity contribution in [2.45, 2.75) is 60.0 Å². The van der Waals surface area contributed by atoms with E-state index in [9.17, 15) is 83.4 Å². The zero-order chi connectivity index (χ0) is 25.9. The minimum Gasteiger partial charge on any atom is -0.199 e. The van der Waals surface area contributed by atoms with Crippen LogP contribution in [0.15, 0.2) is 12.7 Å². The molecule has 0 fully saturated rings. The summed E-state index contributed by atoms with van der Waals surface area (Å²) in [6.45, 7) is 2.27. The highest BCUT2D eigenvalue weighted by molar-refractivity contribution is 5.16. The van der Waals surface area contributed by atoms with Crippen LogP contribution in [0, 0.1) is 0 Å². The van der Waals surface area contributed by atoms with E-state index in [4.69, 9.17) is 0 Å². The maximum atomic E-state index is 13.3. The van der Waals surface area contributed by atoms with Gasteiger partial charge in [-0.3, -0.25) is 0 Å². The summed E-state index contributed by atoms with van der Waals surface area (Å²) in [5.74, 6) is -66.1. The van der Waals surface area contributed by atoms with E-state index in [-0.39, 0.29) is 6.08 Å². The van der Waals surface area contributed by atoms with E-state index in [2.05, 4.69) is 6.58 Å². The summed E-state index contributed by atoms with van der Waals surface area (Å²) in [6.07, 6.45) is -11.0. The van der Waals surface area contributed by atoms with Gasteiger partial charge in [-0.2, -0.15) is 83.4 Å². The van der Waals surface area contributed by atoms with Crippen LogP contribution in [-0.4, -0.2) is 53.6 Å². The fourth-order valence-corrected chi connectivity index (χ4v) is 1.70. The Labute approximate surface area is 157 Å². The second kappa shape index (κ2) is 7.21. The van der Waals surface area contributed by atoms with Gasteiger partial charge >= 0.3 is 53.6 Å². The van der Waals surface area contributed by atoms with Gasteiger partial charge in [0, 0.05) is 6.42 Å². The Kier molecular flexibility index (Phi) is 6.84. The van der Waals surface area contributed by atoms with E-state index in [1.54, 1.807) is 0 Å². The van der Waals surface area contributed by atoms with Crippen LogP contribution in [0.4, 0.5) is 83.4 Å². The predicted octanol–water partition coefficient (Wildman–Crippen LogP) is 7.21. The molecule has 0 aromatic rings. The molecule has 0 saturated heterocycles. The first-order valence-electron chi connectivity index (χ1n) is 6.76. The summed E-state index contributed by atoms with van der Waals surface area (Å²) < 4.78 is 245. The van der Waals surface area contributed by atoms with Crippen molar-refractivity contribution in [2.24, 2.45) is 0 Å². The fourth-order valence-electron chi connectivity index (χ4n) is 1.70. The van der Waals surface area contributed by atoms with Gasteiger partial charge in [0.1, 0.15) is 0 Å². The SMILES string of the molecule is C=CCC(F)(F)C(F)(F)C(F)(F)C(F)(F)C(F)(F)C(F)(F)C(F)(F)C(F)(F)C(F)(F)F. The van der Waals surface area contributed by atoms with E-state index >= 15 is 0 Å². The summed E-state index contributed by atoms with van der Waals surface area (Å²) in [5.41, 5.74) is 0. The molecule has 0 amide bonds. The van der Waals surface area contributed by atoms with Gasteiger partial charge in [-0.25, -0.2) is 0 Å². The van der Waals surface area contributed by atoms with Gasteiger partial charge < -0.3 is 0 Å². The van der Waals surface area contributed by atoms with E-state index in [0.717, 1.165) is 0 Å². The first kappa shape index (κ1) is 29.4. The lowest BCUT2D eigenvalue weighted by molar-refractivity contribution is -0.468. The number of alkyl halides is 19. The second-order valence-electron chi connectivity index (χ2n) is 5.72. The monoisotopic (exact) mass is 510 g/mol. The quantitative estimate of drug-likeness (QED) is 0.227. The molecule has 0 atom stereocenters. The zero-order valence-electron chi connectivity index (χ0n) is 13.7. The van der Waals surface area contributed by atoms with Gasteiger partial charge in [-0.05, 0) is 0 Å². The maximum absolute atomic E-state index is 13.3. The van der Waals surface area contributed by atoms with Gasteiger partial charge in [0.15, 0.2) is 0 Å². The molecule has 0 aliphatic rings. The molecule has 0 spiro atoms. The molecule has 0 aromatic heterocycles. The molecule has 0 heterocycles. The highest BCUT2D eigenvalue weighted by Gasteiger charge is 2.96. The summed E-state index contributed by atoms with van der Waals surface area (Å²) >= 11 is 0. The lowest BCUT2D eigenvalue weighted by Crippen LogP contribution is -2.75. The van der Waals surface area contributed by atoms with Gasteiger partial charge in [-0.15, -0.1) is 6.58 Å². The number of allylic oxidation sites excluding steroid dienone is 1. The molecular weight excluding hydrogens is 505 g/mol. The van der Waals surface area contributed by atoms with Crippen molar-refractivity contribution < 1.29 is 83.4 Å². The van der Waals surface area contributed by atoms with Crippen LogP contribution >= 0.6 is 0 Å². The van der Waals surface area contributed by atoms with Crippen molar-refractivity contribution in [3.05, 3.63) is 12.7 Å². The molecule has 31 heavy (non-hydrogen) atoms. The third kappa shape index (κ3) is 3.58. The maximum Gasteiger partial charge on any atom is 0.460 e. The average Bonchev–Trinajstić information content (AvgIpc) is 2.52. The third-order valence-electron chi connectivity index (χ3n) is 3.58. The van der Waals surface area contributed by atoms with E-state index in [0.29, 0.717) is 0 Å². The molecule has 186 valence electrons. The molecule has 0 aromatic carbocycles. The van der Waals surface area contributed by atoms with Gasteiger partial charge in [0.25, 0.3) is 0 Å². The molecule has 0 bridgehead atoms. The Morgan fingerprint density at radius 2 is 0.613 bits per heavy atom. The third-order valence-corrected chi connectivity index (χ3v) is 3.58. The Balaban J connectivity index is 6.87. The normalized spacial score (nSPS) is 16.5. The fraction of sp³-hybridized carbons (Fsp3) is 0.833. The van der Waals surface area contributed by atoms with Crippen molar-refractivity contribution in [3.63, 3.8) is 0 Å². The molecule has 0 saturated carbocycles. The topological polar surface area (TPSA) is 0 Å². The smallest absolute Gasteiger partial charge is 0.199 e. The molecule has 0 rings (SSSR count). The molecule has 0 aliphatic carbocycles. The van der Waals surface area contributed by atoms with Gasteiger partial charge in [0.05, 0.1) is 0 Å². The van der Waals surface area contributed by atoms with Crippen molar-refractivity contribution in [2.75, 3.05) is 0 Å². The van der Waals surface area contributed by atoms with E-state index in [1.807, 2.05) is 0 Å². The Bertz CT molecular complexity index is 666. The molecule has 0 nitrogen and oxygen atoms in total. The standard InChI is InChI=1S/C12H5F19/c1-2-3-4(13,14)5(15,16)6(17,18)7(19,20)8(21,22)9(23,24)10(25,26)11(27,28)12(29,30)31/h2H,1,3H2. The van der Waals surface area contributed by atoms with Crippen LogP contribution < -0.4 is 0 Å². The predicted molar refractivity (Wildman–Crippen MR) is 60.4 cm³/mol. The highest BCUT2D eigenvalue weighted by Crippen LogP contribution is 2.65. The molecular formula is C12H5F19. The van der Waals surface area contributed by atoms with Crippen LogP contribution in [0.1, 0.15) is 6.42 Å². The van der Waals surface area contributed by atoms with Crippen molar-refractivity contribution >= 4 is 0 Å². The van der Waals surface area contributed by atoms with Crippen LogP contribution in [0.2, 0.25) is 0 Å². The zero-order valence-corrected chi connectivity index (χ0v) is 13.7. The summed E-state index contributed by atoms with van der Waals surface area (Å²) in [5, 5.41) is 0. The van der Waals surface area contributed by atoms with Crippen molar-refractivity contribution in [3.8, 4) is 0 Å². The molecule has 0 unspecified atom stereocenters. The van der Waals surface area contributed by atoms with E-state index in [1.165, 1.54) is 0 Å². The van der Waals surface area contributed by atoms with Gasteiger partial charge in [-0.1, -0.05) is 6.08 Å². The summed E-state index contributed by atoms with van der Waals surface area (Å²) in [7, 11) is 0. The highest BCUT2D eigenvalue weighted by atomic mass is 19.4.